The normalized spacial score (nSPS) is 25.8. The van der Waals surface area contributed by atoms with E-state index in [2.05, 4.69) is 25.7 Å². The zero-order valence-corrected chi connectivity index (χ0v) is 14.4. The molecular formula is C17H22N6O3. The lowest BCUT2D eigenvalue weighted by atomic mass is 10.1. The first kappa shape index (κ1) is 17.1. The summed E-state index contributed by atoms with van der Waals surface area (Å²) in [6, 6.07) is 7.64. The minimum atomic E-state index is -0.0778. The number of hydrogen-bond acceptors (Lipinski definition) is 7. The smallest absolute Gasteiger partial charge is 0.251 e. The van der Waals surface area contributed by atoms with Gasteiger partial charge in [0.2, 0.25) is 0 Å². The summed E-state index contributed by atoms with van der Waals surface area (Å²) in [6.07, 6.45) is 3.15. The van der Waals surface area contributed by atoms with Crippen LogP contribution in [0.4, 0.5) is 0 Å². The van der Waals surface area contributed by atoms with E-state index < -0.39 is 0 Å². The fourth-order valence-electron chi connectivity index (χ4n) is 3.68. The van der Waals surface area contributed by atoms with E-state index in [0.29, 0.717) is 24.6 Å². The van der Waals surface area contributed by atoms with Crippen molar-refractivity contribution in [1.82, 2.24) is 30.4 Å². The summed E-state index contributed by atoms with van der Waals surface area (Å²) < 4.78 is 7.33. The van der Waals surface area contributed by atoms with Crippen molar-refractivity contribution >= 4 is 5.91 Å². The number of nitrogens with zero attached hydrogens (tertiary/aromatic N) is 5. The average molecular weight is 358 g/mol. The SMILES string of the molecule is O=C(N[C@H]1C[C@H]2CO[C@@H](CCO)CN2C1)c1ccc(-n2cnnn2)cc1. The molecule has 138 valence electrons. The van der Waals surface area contributed by atoms with Crippen LogP contribution in [-0.4, -0.2) is 80.6 Å². The first-order chi connectivity index (χ1) is 12.7. The summed E-state index contributed by atoms with van der Waals surface area (Å²) in [7, 11) is 0. The van der Waals surface area contributed by atoms with Gasteiger partial charge in [-0.05, 0) is 47.5 Å². The third-order valence-electron chi connectivity index (χ3n) is 5.02. The molecule has 4 rings (SSSR count). The Bertz CT molecular complexity index is 735. The second-order valence-corrected chi connectivity index (χ2v) is 6.78. The molecule has 2 aliphatic heterocycles. The van der Waals surface area contributed by atoms with Crippen molar-refractivity contribution in [1.29, 1.82) is 0 Å². The first-order valence-corrected chi connectivity index (χ1v) is 8.83. The van der Waals surface area contributed by atoms with Gasteiger partial charge >= 0.3 is 0 Å². The molecule has 0 aliphatic carbocycles. The van der Waals surface area contributed by atoms with Gasteiger partial charge in [-0.2, -0.15) is 0 Å². The third kappa shape index (κ3) is 3.59. The van der Waals surface area contributed by atoms with Crippen LogP contribution in [0.2, 0.25) is 0 Å². The van der Waals surface area contributed by atoms with Crippen LogP contribution in [0.3, 0.4) is 0 Å². The Balaban J connectivity index is 1.34. The Morgan fingerprint density at radius 3 is 2.88 bits per heavy atom. The highest BCUT2D eigenvalue weighted by Crippen LogP contribution is 2.24. The molecule has 1 aromatic carbocycles. The van der Waals surface area contributed by atoms with Crippen molar-refractivity contribution in [2.75, 3.05) is 26.3 Å². The second kappa shape index (κ2) is 7.48. The number of nitrogens with one attached hydrogen (secondary N) is 1. The number of morpholine rings is 1. The zero-order valence-electron chi connectivity index (χ0n) is 14.4. The highest BCUT2D eigenvalue weighted by Gasteiger charge is 2.37. The van der Waals surface area contributed by atoms with Crippen LogP contribution in [0, 0.1) is 0 Å². The number of carbonyl (C=O) groups excluding carboxylic acids is 1. The van der Waals surface area contributed by atoms with Crippen LogP contribution in [0.1, 0.15) is 23.2 Å². The van der Waals surface area contributed by atoms with E-state index in [9.17, 15) is 4.79 Å². The van der Waals surface area contributed by atoms with E-state index in [0.717, 1.165) is 25.2 Å². The van der Waals surface area contributed by atoms with E-state index in [1.807, 2.05) is 12.1 Å². The van der Waals surface area contributed by atoms with Crippen LogP contribution in [-0.2, 0) is 4.74 Å². The van der Waals surface area contributed by atoms with E-state index in [1.54, 1.807) is 16.8 Å². The molecule has 0 unspecified atom stereocenters. The monoisotopic (exact) mass is 358 g/mol. The lowest BCUT2D eigenvalue weighted by molar-refractivity contribution is -0.0566. The molecule has 9 nitrogen and oxygen atoms in total. The maximum absolute atomic E-state index is 12.5. The predicted molar refractivity (Wildman–Crippen MR) is 91.8 cm³/mol. The first-order valence-electron chi connectivity index (χ1n) is 8.83. The maximum Gasteiger partial charge on any atom is 0.251 e. The maximum atomic E-state index is 12.5. The number of hydrogen-bond donors (Lipinski definition) is 2. The number of rotatable bonds is 5. The fourth-order valence-corrected chi connectivity index (χ4v) is 3.68. The minimum Gasteiger partial charge on any atom is -0.396 e. The summed E-state index contributed by atoms with van der Waals surface area (Å²) in [5, 5.41) is 23.2. The fraction of sp³-hybridized carbons (Fsp3) is 0.529. The molecule has 26 heavy (non-hydrogen) atoms. The van der Waals surface area contributed by atoms with E-state index >= 15 is 0 Å². The predicted octanol–water partition coefficient (Wildman–Crippen LogP) is -0.384. The van der Waals surface area contributed by atoms with Crippen LogP contribution >= 0.6 is 0 Å². The van der Waals surface area contributed by atoms with Gasteiger partial charge in [-0.15, -0.1) is 5.10 Å². The lowest BCUT2D eigenvalue weighted by Crippen LogP contribution is -2.46. The molecule has 9 heteroatoms. The number of benzene rings is 1. The van der Waals surface area contributed by atoms with Crippen LogP contribution < -0.4 is 5.32 Å². The number of fused-ring (bicyclic) bond motifs is 1. The molecule has 0 spiro atoms. The Hall–Kier alpha value is -2.36. The molecule has 2 saturated heterocycles. The number of carbonyl (C=O) groups is 1. The van der Waals surface area contributed by atoms with Gasteiger partial charge in [-0.1, -0.05) is 0 Å². The molecule has 3 heterocycles. The highest BCUT2D eigenvalue weighted by molar-refractivity contribution is 5.94. The summed E-state index contributed by atoms with van der Waals surface area (Å²) >= 11 is 0. The molecule has 0 saturated carbocycles. The van der Waals surface area contributed by atoms with Crippen LogP contribution in [0.5, 0.6) is 0 Å². The quantitative estimate of drug-likeness (QED) is 0.750. The van der Waals surface area contributed by atoms with Gasteiger partial charge in [-0.25, -0.2) is 4.68 Å². The molecule has 0 bridgehead atoms. The van der Waals surface area contributed by atoms with Crippen molar-refractivity contribution < 1.29 is 14.6 Å². The number of tetrazole rings is 1. The van der Waals surface area contributed by atoms with Gasteiger partial charge in [-0.3, -0.25) is 9.69 Å². The molecular weight excluding hydrogens is 336 g/mol. The topological polar surface area (TPSA) is 105 Å². The standard InChI is InChI=1S/C17H22N6O3/c24-6-5-16-9-22-8-13(7-15(22)10-26-16)19-17(25)12-1-3-14(4-2-12)23-11-18-20-21-23/h1-4,11,13,15-16,24H,5-10H2,(H,19,25)/t13-,15-,16-/m0/s1. The van der Waals surface area contributed by atoms with Crippen molar-refractivity contribution in [3.63, 3.8) is 0 Å². The van der Waals surface area contributed by atoms with Gasteiger partial charge < -0.3 is 15.2 Å². The van der Waals surface area contributed by atoms with E-state index in [4.69, 9.17) is 9.84 Å². The van der Waals surface area contributed by atoms with Crippen molar-refractivity contribution in [3.05, 3.63) is 36.2 Å². The Morgan fingerprint density at radius 1 is 1.31 bits per heavy atom. The molecule has 0 radical (unpaired) electrons. The molecule has 2 N–H and O–H groups in total. The van der Waals surface area contributed by atoms with Gasteiger partial charge in [0.15, 0.2) is 0 Å². The van der Waals surface area contributed by atoms with E-state index in [-0.39, 0.29) is 24.7 Å². The summed E-state index contributed by atoms with van der Waals surface area (Å²) in [5.41, 5.74) is 1.41. The molecule has 2 aliphatic rings. The van der Waals surface area contributed by atoms with Crippen molar-refractivity contribution in [2.45, 2.75) is 31.0 Å². The average Bonchev–Trinajstić information content (AvgIpc) is 3.31. The van der Waals surface area contributed by atoms with Gasteiger partial charge in [0.1, 0.15) is 6.33 Å². The Labute approximate surface area is 150 Å². The van der Waals surface area contributed by atoms with E-state index in [1.165, 1.54) is 6.33 Å². The number of aromatic nitrogens is 4. The van der Waals surface area contributed by atoms with Crippen LogP contribution in [0.25, 0.3) is 5.69 Å². The number of amides is 1. The number of ether oxygens (including phenoxy) is 1. The Kier molecular flexibility index (Phi) is 4.91. The van der Waals surface area contributed by atoms with Gasteiger partial charge in [0.05, 0.1) is 18.4 Å². The molecule has 2 aromatic rings. The summed E-state index contributed by atoms with van der Waals surface area (Å²) in [5.74, 6) is -0.0778. The van der Waals surface area contributed by atoms with Crippen molar-refractivity contribution in [2.24, 2.45) is 0 Å². The minimum absolute atomic E-state index is 0.0778. The molecule has 3 atom stereocenters. The number of aliphatic hydroxyl groups is 1. The highest BCUT2D eigenvalue weighted by atomic mass is 16.5. The lowest BCUT2D eigenvalue weighted by Gasteiger charge is -2.34. The van der Waals surface area contributed by atoms with Crippen molar-refractivity contribution in [3.8, 4) is 5.69 Å². The molecule has 2 fully saturated rings. The van der Waals surface area contributed by atoms with Gasteiger partial charge in [0, 0.05) is 37.3 Å². The summed E-state index contributed by atoms with van der Waals surface area (Å²) in [6.45, 7) is 2.45. The largest absolute Gasteiger partial charge is 0.396 e. The summed E-state index contributed by atoms with van der Waals surface area (Å²) in [4.78, 5) is 14.9. The third-order valence-corrected chi connectivity index (χ3v) is 5.02. The van der Waals surface area contributed by atoms with Crippen LogP contribution in [0.15, 0.2) is 30.6 Å². The number of aliphatic hydroxyl groups excluding tert-OH is 1. The molecule has 1 aromatic heterocycles. The Morgan fingerprint density at radius 2 is 2.15 bits per heavy atom. The zero-order chi connectivity index (χ0) is 17.9. The second-order valence-electron chi connectivity index (χ2n) is 6.78. The van der Waals surface area contributed by atoms with Gasteiger partial charge in [0.25, 0.3) is 5.91 Å². The molecule has 1 amide bonds.